The number of carbonyl (C=O) groups is 1. The normalized spacial score (nSPS) is 13.4. The molecular formula is C29H24ClF2N5O2. The molecule has 5 rings (SSSR count). The minimum absolute atomic E-state index is 0.275. The number of fused-ring (bicyclic) bond motifs is 3. The largest absolute Gasteiger partial charge is 0.491 e. The number of rotatable bonds is 6. The molecule has 0 aliphatic carbocycles. The SMILES string of the molecule is COc1c(F)cc(C=CCN2CCc3c(c4ccc(C#N)cc4n3C(=O)NCc3ccnc(Cl)c3)C2)cc1F. The second-order valence-electron chi connectivity index (χ2n) is 9.16. The number of nitrogens with zero attached hydrogens (tertiary/aromatic N) is 4. The van der Waals surface area contributed by atoms with Gasteiger partial charge < -0.3 is 10.1 Å². The smallest absolute Gasteiger partial charge is 0.326 e. The van der Waals surface area contributed by atoms with E-state index in [2.05, 4.69) is 21.3 Å². The minimum atomic E-state index is -0.755. The first kappa shape index (κ1) is 26.4. The molecule has 0 atom stereocenters. The summed E-state index contributed by atoms with van der Waals surface area (Å²) in [5.74, 6) is -1.91. The molecule has 0 bridgehead atoms. The first-order valence-corrected chi connectivity index (χ1v) is 12.6. The van der Waals surface area contributed by atoms with Crippen molar-refractivity contribution in [3.05, 3.63) is 99.5 Å². The van der Waals surface area contributed by atoms with Crippen LogP contribution in [0.15, 0.2) is 54.7 Å². The summed E-state index contributed by atoms with van der Waals surface area (Å²) in [5, 5.41) is 13.7. The molecule has 0 saturated carbocycles. The Bertz CT molecular complexity index is 1620. The summed E-state index contributed by atoms with van der Waals surface area (Å²) in [7, 11) is 1.22. The van der Waals surface area contributed by atoms with Crippen molar-refractivity contribution in [3.63, 3.8) is 0 Å². The molecule has 1 amide bonds. The maximum atomic E-state index is 14.0. The van der Waals surface area contributed by atoms with Gasteiger partial charge in [0.05, 0.1) is 24.3 Å². The van der Waals surface area contributed by atoms with Crippen molar-refractivity contribution in [2.75, 3.05) is 20.2 Å². The number of pyridine rings is 1. The number of nitriles is 1. The lowest BCUT2D eigenvalue weighted by molar-refractivity contribution is 0.240. The summed E-state index contributed by atoms with van der Waals surface area (Å²) in [4.78, 5) is 19.5. The van der Waals surface area contributed by atoms with Crippen LogP contribution in [0, 0.1) is 23.0 Å². The Labute approximate surface area is 228 Å². The number of hydrogen-bond donors (Lipinski definition) is 1. The minimum Gasteiger partial charge on any atom is -0.491 e. The highest BCUT2D eigenvalue weighted by Crippen LogP contribution is 2.32. The van der Waals surface area contributed by atoms with Crippen LogP contribution in [-0.2, 0) is 19.5 Å². The van der Waals surface area contributed by atoms with Crippen LogP contribution < -0.4 is 10.1 Å². The van der Waals surface area contributed by atoms with Gasteiger partial charge in [-0.1, -0.05) is 29.8 Å². The molecule has 1 aliphatic rings. The zero-order valence-corrected chi connectivity index (χ0v) is 21.8. The van der Waals surface area contributed by atoms with E-state index in [9.17, 15) is 18.8 Å². The Morgan fingerprint density at radius 1 is 1.23 bits per heavy atom. The number of benzene rings is 2. The average Bonchev–Trinajstić information content (AvgIpc) is 3.24. The van der Waals surface area contributed by atoms with Gasteiger partial charge in [-0.3, -0.25) is 9.47 Å². The molecule has 10 heteroatoms. The number of amides is 1. The highest BCUT2D eigenvalue weighted by molar-refractivity contribution is 6.29. The number of aromatic nitrogens is 2. The first-order valence-electron chi connectivity index (χ1n) is 12.2. The average molecular weight is 548 g/mol. The molecule has 7 nitrogen and oxygen atoms in total. The molecule has 1 N–H and O–H groups in total. The summed E-state index contributed by atoms with van der Waals surface area (Å²) in [6.45, 7) is 2.08. The van der Waals surface area contributed by atoms with E-state index in [1.165, 1.54) is 19.2 Å². The fourth-order valence-electron chi connectivity index (χ4n) is 4.89. The Hall–Kier alpha value is -4.26. The van der Waals surface area contributed by atoms with Crippen LogP contribution >= 0.6 is 11.6 Å². The van der Waals surface area contributed by atoms with Crippen LogP contribution in [0.1, 0.15) is 27.9 Å². The predicted molar refractivity (Wildman–Crippen MR) is 144 cm³/mol. The van der Waals surface area contributed by atoms with Crippen molar-refractivity contribution >= 4 is 34.6 Å². The van der Waals surface area contributed by atoms with E-state index in [0.717, 1.165) is 22.2 Å². The highest BCUT2D eigenvalue weighted by Gasteiger charge is 2.26. The molecule has 1 aliphatic heterocycles. The molecule has 0 fully saturated rings. The Kier molecular flexibility index (Phi) is 7.59. The van der Waals surface area contributed by atoms with Gasteiger partial charge in [-0.05, 0) is 53.1 Å². The molecule has 0 spiro atoms. The van der Waals surface area contributed by atoms with E-state index in [-0.39, 0.29) is 12.6 Å². The number of carbonyl (C=O) groups excluding carboxylic acids is 1. The van der Waals surface area contributed by atoms with Crippen LogP contribution in [0.5, 0.6) is 5.75 Å². The Morgan fingerprint density at radius 2 is 2.03 bits per heavy atom. The zero-order valence-electron chi connectivity index (χ0n) is 21.0. The second kappa shape index (κ2) is 11.2. The fourth-order valence-corrected chi connectivity index (χ4v) is 5.09. The van der Waals surface area contributed by atoms with Crippen LogP contribution in [0.3, 0.4) is 0 Å². The van der Waals surface area contributed by atoms with Gasteiger partial charge in [-0.25, -0.2) is 18.6 Å². The molecule has 0 radical (unpaired) electrons. The van der Waals surface area contributed by atoms with Crippen molar-refractivity contribution < 1.29 is 18.3 Å². The fraction of sp³-hybridized carbons (Fsp3) is 0.207. The Balaban J connectivity index is 1.38. The van der Waals surface area contributed by atoms with E-state index >= 15 is 0 Å². The lowest BCUT2D eigenvalue weighted by Crippen LogP contribution is -2.34. The topological polar surface area (TPSA) is 83.2 Å². The molecule has 2 aromatic carbocycles. The van der Waals surface area contributed by atoms with Gasteiger partial charge in [0.1, 0.15) is 5.15 Å². The number of hydrogen-bond acceptors (Lipinski definition) is 5. The summed E-state index contributed by atoms with van der Waals surface area (Å²) in [6, 6.07) is 13.1. The molecule has 2 aromatic heterocycles. The number of nitrogens with one attached hydrogen (secondary N) is 1. The molecule has 198 valence electrons. The van der Waals surface area contributed by atoms with Crippen molar-refractivity contribution in [3.8, 4) is 11.8 Å². The number of ether oxygens (including phenoxy) is 1. The van der Waals surface area contributed by atoms with Crippen LogP contribution in [-0.4, -0.2) is 40.7 Å². The lowest BCUT2D eigenvalue weighted by atomic mass is 10.0. The van der Waals surface area contributed by atoms with Crippen LogP contribution in [0.25, 0.3) is 17.0 Å². The van der Waals surface area contributed by atoms with E-state index in [1.54, 1.807) is 41.1 Å². The summed E-state index contributed by atoms with van der Waals surface area (Å²) >= 11 is 5.97. The molecule has 4 aromatic rings. The molecule has 39 heavy (non-hydrogen) atoms. The predicted octanol–water partition coefficient (Wildman–Crippen LogP) is 5.68. The lowest BCUT2D eigenvalue weighted by Gasteiger charge is -2.27. The maximum Gasteiger partial charge on any atom is 0.326 e. The van der Waals surface area contributed by atoms with Gasteiger partial charge in [0.15, 0.2) is 17.4 Å². The van der Waals surface area contributed by atoms with Gasteiger partial charge in [-0.2, -0.15) is 5.26 Å². The van der Waals surface area contributed by atoms with Gasteiger partial charge in [0, 0.05) is 49.9 Å². The van der Waals surface area contributed by atoms with Gasteiger partial charge in [0.2, 0.25) is 0 Å². The zero-order chi connectivity index (χ0) is 27.5. The van der Waals surface area contributed by atoms with Crippen LogP contribution in [0.2, 0.25) is 5.15 Å². The summed E-state index contributed by atoms with van der Waals surface area (Å²) in [5.41, 5.74) is 4.26. The summed E-state index contributed by atoms with van der Waals surface area (Å²) in [6.07, 6.45) is 5.72. The van der Waals surface area contributed by atoms with E-state index < -0.39 is 17.4 Å². The third kappa shape index (κ3) is 5.48. The molecule has 3 heterocycles. The molecule has 0 saturated heterocycles. The molecule has 0 unspecified atom stereocenters. The third-order valence-corrected chi connectivity index (χ3v) is 6.90. The second-order valence-corrected chi connectivity index (χ2v) is 9.54. The van der Waals surface area contributed by atoms with Crippen molar-refractivity contribution in [1.82, 2.24) is 19.8 Å². The van der Waals surface area contributed by atoms with Crippen molar-refractivity contribution in [1.29, 1.82) is 5.26 Å². The van der Waals surface area contributed by atoms with E-state index in [1.807, 2.05) is 12.1 Å². The van der Waals surface area contributed by atoms with Gasteiger partial charge in [-0.15, -0.1) is 0 Å². The highest BCUT2D eigenvalue weighted by atomic mass is 35.5. The van der Waals surface area contributed by atoms with E-state index in [0.29, 0.717) is 47.9 Å². The van der Waals surface area contributed by atoms with Gasteiger partial charge in [0.25, 0.3) is 0 Å². The summed E-state index contributed by atoms with van der Waals surface area (Å²) < 4.78 is 34.4. The molecular weight excluding hydrogens is 524 g/mol. The standard InChI is InChI=1S/C29H24ClF2N5O2/c1-39-28-23(31)11-18(12-24(28)32)3-2-9-36-10-7-25-22(17-36)21-5-4-19(15-33)13-26(21)37(25)29(38)35-16-20-6-8-34-27(30)14-20/h2-6,8,11-14H,7,9-10,16-17H2,1H3,(H,35,38). The number of halogens is 3. The maximum absolute atomic E-state index is 14.0. The van der Waals surface area contributed by atoms with Crippen molar-refractivity contribution in [2.45, 2.75) is 19.5 Å². The Morgan fingerprint density at radius 3 is 2.74 bits per heavy atom. The van der Waals surface area contributed by atoms with E-state index in [4.69, 9.17) is 16.3 Å². The number of methoxy groups -OCH3 is 1. The monoisotopic (exact) mass is 547 g/mol. The van der Waals surface area contributed by atoms with Crippen molar-refractivity contribution in [2.24, 2.45) is 0 Å². The van der Waals surface area contributed by atoms with Crippen LogP contribution in [0.4, 0.5) is 13.6 Å². The quantitative estimate of drug-likeness (QED) is 0.314. The first-order chi connectivity index (χ1) is 18.9. The van der Waals surface area contributed by atoms with Gasteiger partial charge >= 0.3 is 6.03 Å². The third-order valence-electron chi connectivity index (χ3n) is 6.69.